The van der Waals surface area contributed by atoms with Crippen molar-refractivity contribution in [1.82, 2.24) is 10.2 Å². The summed E-state index contributed by atoms with van der Waals surface area (Å²) in [5, 5.41) is 2.63. The van der Waals surface area contributed by atoms with E-state index in [0.29, 0.717) is 17.0 Å². The van der Waals surface area contributed by atoms with Gasteiger partial charge in [-0.2, -0.15) is 24.9 Å². The summed E-state index contributed by atoms with van der Waals surface area (Å²) in [6.45, 7) is 1.80. The molecule has 1 heterocycles. The van der Waals surface area contributed by atoms with Crippen LogP contribution < -0.4 is 5.32 Å². The summed E-state index contributed by atoms with van der Waals surface area (Å²) in [5.74, 6) is 0.0129. The molecular weight excluding hydrogens is 369 g/mol. The van der Waals surface area contributed by atoms with Crippen molar-refractivity contribution in [2.45, 2.75) is 19.1 Å². The number of alkyl halides is 3. The zero-order valence-electron chi connectivity index (χ0n) is 14.5. The number of amides is 2. The molecule has 2 rings (SSSR count). The van der Waals surface area contributed by atoms with Crippen LogP contribution in [0, 0.1) is 0 Å². The van der Waals surface area contributed by atoms with Crippen molar-refractivity contribution < 1.29 is 27.5 Å². The third-order valence-electron chi connectivity index (χ3n) is 4.07. The van der Waals surface area contributed by atoms with Gasteiger partial charge in [0.2, 0.25) is 0 Å². The van der Waals surface area contributed by atoms with Gasteiger partial charge in [0.25, 0.3) is 0 Å². The summed E-state index contributed by atoms with van der Waals surface area (Å²) in [4.78, 5) is 25.9. The van der Waals surface area contributed by atoms with Gasteiger partial charge in [-0.1, -0.05) is 12.1 Å². The van der Waals surface area contributed by atoms with E-state index < -0.39 is 29.8 Å². The summed E-state index contributed by atoms with van der Waals surface area (Å²) in [5.41, 5.74) is 0.168. The molecule has 1 aromatic rings. The molecule has 0 unspecified atom stereocenters. The highest BCUT2D eigenvalue weighted by atomic mass is 32.2. The van der Waals surface area contributed by atoms with E-state index in [1.54, 1.807) is 6.92 Å². The van der Waals surface area contributed by atoms with E-state index in [0.717, 1.165) is 12.1 Å². The smallest absolute Gasteiger partial charge is 0.416 e. The van der Waals surface area contributed by atoms with Crippen LogP contribution in [0.15, 0.2) is 35.5 Å². The first-order valence-electron chi connectivity index (χ1n) is 7.75. The lowest BCUT2D eigenvalue weighted by molar-refractivity contribution is -0.139. The van der Waals surface area contributed by atoms with E-state index >= 15 is 0 Å². The minimum Gasteiger partial charge on any atom is -0.461 e. The number of esters is 1. The highest BCUT2D eigenvalue weighted by Crippen LogP contribution is 2.33. The molecule has 1 aromatic carbocycles. The third kappa shape index (κ3) is 4.32. The maximum absolute atomic E-state index is 12.8. The lowest BCUT2D eigenvalue weighted by Gasteiger charge is -2.33. The van der Waals surface area contributed by atoms with Crippen molar-refractivity contribution in [3.63, 3.8) is 0 Å². The standard InChI is InChI=1S/C17H19F3N2O3S/c1-10-13(15(23)25-8-9-26-3)14(21-16(24)22(10)2)11-4-6-12(7-5-11)17(18,19)20/h4-7,14H,8-9H2,1-3H3,(H,21,24)/t14-/m0/s1. The van der Waals surface area contributed by atoms with Crippen LogP contribution in [-0.2, 0) is 15.7 Å². The van der Waals surface area contributed by atoms with E-state index in [9.17, 15) is 22.8 Å². The molecule has 5 nitrogen and oxygen atoms in total. The number of benzene rings is 1. The number of nitrogens with one attached hydrogen (secondary N) is 1. The lowest BCUT2D eigenvalue weighted by atomic mass is 9.94. The van der Waals surface area contributed by atoms with E-state index in [1.807, 2.05) is 6.26 Å². The summed E-state index contributed by atoms with van der Waals surface area (Å²) in [7, 11) is 1.50. The van der Waals surface area contributed by atoms with Gasteiger partial charge in [0, 0.05) is 18.5 Å². The summed E-state index contributed by atoms with van der Waals surface area (Å²) in [6.07, 6.45) is -2.59. The monoisotopic (exact) mass is 388 g/mol. The topological polar surface area (TPSA) is 58.6 Å². The summed E-state index contributed by atoms with van der Waals surface area (Å²) >= 11 is 1.51. The molecule has 1 aliphatic heterocycles. The van der Waals surface area contributed by atoms with Gasteiger partial charge < -0.3 is 15.0 Å². The van der Waals surface area contributed by atoms with Crippen LogP contribution in [0.3, 0.4) is 0 Å². The van der Waals surface area contributed by atoms with Gasteiger partial charge in [0.15, 0.2) is 0 Å². The number of halogens is 3. The summed E-state index contributed by atoms with van der Waals surface area (Å²) < 4.78 is 43.5. The predicted molar refractivity (Wildman–Crippen MR) is 92.5 cm³/mol. The van der Waals surface area contributed by atoms with Crippen molar-refractivity contribution in [2.75, 3.05) is 25.7 Å². The van der Waals surface area contributed by atoms with Gasteiger partial charge in [-0.15, -0.1) is 0 Å². The second kappa shape index (κ2) is 8.03. The Hall–Kier alpha value is -2.16. The van der Waals surface area contributed by atoms with Crippen LogP contribution in [0.25, 0.3) is 0 Å². The number of hydrogen-bond acceptors (Lipinski definition) is 4. The lowest BCUT2D eigenvalue weighted by Crippen LogP contribution is -2.46. The number of nitrogens with zero attached hydrogens (tertiary/aromatic N) is 1. The molecule has 0 spiro atoms. The molecule has 142 valence electrons. The van der Waals surface area contributed by atoms with Crippen molar-refractivity contribution in [1.29, 1.82) is 0 Å². The van der Waals surface area contributed by atoms with Gasteiger partial charge in [-0.25, -0.2) is 9.59 Å². The molecule has 1 atom stereocenters. The number of carbonyl (C=O) groups is 2. The molecule has 9 heteroatoms. The number of hydrogen-bond donors (Lipinski definition) is 1. The molecule has 1 aliphatic rings. The van der Waals surface area contributed by atoms with Crippen LogP contribution in [0.2, 0.25) is 0 Å². The third-order valence-corrected chi connectivity index (χ3v) is 4.64. The minimum absolute atomic E-state index is 0.202. The molecule has 2 amide bonds. The molecule has 0 aromatic heterocycles. The maximum atomic E-state index is 12.8. The first-order valence-corrected chi connectivity index (χ1v) is 9.14. The van der Waals surface area contributed by atoms with Crippen molar-refractivity contribution in [3.8, 4) is 0 Å². The fourth-order valence-electron chi connectivity index (χ4n) is 2.51. The van der Waals surface area contributed by atoms with Gasteiger partial charge in [-0.05, 0) is 30.9 Å². The van der Waals surface area contributed by atoms with Crippen LogP contribution in [0.5, 0.6) is 0 Å². The fraction of sp³-hybridized carbons (Fsp3) is 0.412. The van der Waals surface area contributed by atoms with Crippen LogP contribution in [0.4, 0.5) is 18.0 Å². The van der Waals surface area contributed by atoms with E-state index in [1.165, 1.54) is 35.8 Å². The minimum atomic E-state index is -4.46. The van der Waals surface area contributed by atoms with Crippen LogP contribution in [0.1, 0.15) is 24.1 Å². The van der Waals surface area contributed by atoms with Gasteiger partial charge in [-0.3, -0.25) is 0 Å². The predicted octanol–water partition coefficient (Wildman–Crippen LogP) is 3.58. The molecule has 0 saturated heterocycles. The Morgan fingerprint density at radius 2 is 1.92 bits per heavy atom. The maximum Gasteiger partial charge on any atom is 0.416 e. The van der Waals surface area contributed by atoms with E-state index in [2.05, 4.69) is 5.32 Å². The number of rotatable bonds is 5. The average molecular weight is 388 g/mol. The highest BCUT2D eigenvalue weighted by molar-refractivity contribution is 7.98. The second-order valence-corrected chi connectivity index (χ2v) is 6.67. The van der Waals surface area contributed by atoms with E-state index in [-0.39, 0.29) is 12.2 Å². The van der Waals surface area contributed by atoms with Crippen molar-refractivity contribution >= 4 is 23.8 Å². The second-order valence-electron chi connectivity index (χ2n) is 5.69. The zero-order chi connectivity index (χ0) is 19.5. The van der Waals surface area contributed by atoms with Crippen molar-refractivity contribution in [3.05, 3.63) is 46.7 Å². The SMILES string of the molecule is CSCCOC(=O)C1=C(C)N(C)C(=O)N[C@H]1c1ccc(C(F)(F)F)cc1. The first kappa shape index (κ1) is 20.2. The molecule has 1 N–H and O–H groups in total. The quantitative estimate of drug-likeness (QED) is 0.619. The normalized spacial score (nSPS) is 18.0. The number of urea groups is 1. The van der Waals surface area contributed by atoms with Gasteiger partial charge in [0.1, 0.15) is 6.61 Å². The van der Waals surface area contributed by atoms with Crippen molar-refractivity contribution in [2.24, 2.45) is 0 Å². The zero-order valence-corrected chi connectivity index (χ0v) is 15.3. The largest absolute Gasteiger partial charge is 0.461 e. The number of ether oxygens (including phenoxy) is 1. The van der Waals surface area contributed by atoms with E-state index in [4.69, 9.17) is 4.74 Å². The Labute approximate surface area is 153 Å². The molecular formula is C17H19F3N2O3S. The number of allylic oxidation sites excluding steroid dienone is 1. The Morgan fingerprint density at radius 1 is 1.31 bits per heavy atom. The fourth-order valence-corrected chi connectivity index (χ4v) is 2.76. The Bertz CT molecular complexity index is 717. The first-order chi connectivity index (χ1) is 12.2. The molecule has 0 fully saturated rings. The number of thioether (sulfide) groups is 1. The van der Waals surface area contributed by atoms with Gasteiger partial charge >= 0.3 is 18.2 Å². The Morgan fingerprint density at radius 3 is 2.46 bits per heavy atom. The molecule has 0 aliphatic carbocycles. The Balaban J connectivity index is 2.37. The number of carbonyl (C=O) groups excluding carboxylic acids is 2. The van der Waals surface area contributed by atoms with Crippen LogP contribution in [-0.4, -0.2) is 42.6 Å². The van der Waals surface area contributed by atoms with Gasteiger partial charge in [0.05, 0.1) is 17.2 Å². The molecule has 26 heavy (non-hydrogen) atoms. The summed E-state index contributed by atoms with van der Waals surface area (Å²) in [6, 6.07) is 3.02. The highest BCUT2D eigenvalue weighted by Gasteiger charge is 2.36. The Kier molecular flexibility index (Phi) is 6.22. The van der Waals surface area contributed by atoms with Crippen LogP contribution >= 0.6 is 11.8 Å². The molecule has 0 bridgehead atoms. The molecule has 0 radical (unpaired) electrons. The average Bonchev–Trinajstić information content (AvgIpc) is 2.58. The molecule has 0 saturated carbocycles.